The standard InChI is InChI=1S/C48H46N4O2/c1-27(2)33-19-13-20-34(28(3)4)43(33)51-42(24-23-39-45(53)37-17-11-12-18-38(37)46(39)54)52(44-35(29(5)6)21-14-22-36(44)30(7)8)48-47(51)49-40-25-31-15-9-10-16-32(31)26-41(40)50-48/h9-30H,1-8H3. The second-order valence-electron chi connectivity index (χ2n) is 15.7. The molecule has 0 spiro atoms. The molecule has 0 bridgehead atoms. The van der Waals surface area contributed by atoms with Crippen molar-refractivity contribution >= 4 is 56.4 Å². The molecule has 0 atom stereocenters. The van der Waals surface area contributed by atoms with E-state index in [0.717, 1.165) is 39.0 Å². The molecular weight excluding hydrogens is 665 g/mol. The van der Waals surface area contributed by atoms with Crippen LogP contribution in [0.25, 0.3) is 21.8 Å². The summed E-state index contributed by atoms with van der Waals surface area (Å²) in [5.74, 6) is 2.42. The van der Waals surface area contributed by atoms with Crippen LogP contribution in [0.2, 0.25) is 0 Å². The number of benzene rings is 5. The Morgan fingerprint density at radius 3 is 1.22 bits per heavy atom. The van der Waals surface area contributed by atoms with Gasteiger partial charge in [-0.25, -0.2) is 9.97 Å². The van der Waals surface area contributed by atoms with E-state index in [4.69, 9.17) is 9.97 Å². The van der Waals surface area contributed by atoms with Crippen molar-refractivity contribution in [2.75, 3.05) is 9.80 Å². The molecule has 0 saturated heterocycles. The number of carbonyl (C=O) groups is 2. The highest BCUT2D eigenvalue weighted by atomic mass is 16.2. The zero-order valence-corrected chi connectivity index (χ0v) is 32.3. The molecular formula is C48H46N4O2. The summed E-state index contributed by atoms with van der Waals surface area (Å²) in [5, 5.41) is 2.19. The van der Waals surface area contributed by atoms with Gasteiger partial charge in [0.1, 0.15) is 5.82 Å². The van der Waals surface area contributed by atoms with Gasteiger partial charge in [-0.2, -0.15) is 0 Å². The minimum atomic E-state index is -0.259. The normalized spacial score (nSPS) is 14.1. The molecule has 270 valence electrons. The molecule has 5 aromatic carbocycles. The Labute approximate surface area is 317 Å². The Bertz CT molecular complexity index is 2350. The van der Waals surface area contributed by atoms with Crippen LogP contribution in [-0.4, -0.2) is 21.5 Å². The van der Waals surface area contributed by atoms with E-state index in [9.17, 15) is 9.59 Å². The van der Waals surface area contributed by atoms with E-state index in [-0.39, 0.29) is 40.8 Å². The van der Waals surface area contributed by atoms with Gasteiger partial charge in [0, 0.05) is 11.1 Å². The van der Waals surface area contributed by atoms with Crippen LogP contribution in [-0.2, 0) is 0 Å². The molecule has 1 aliphatic heterocycles. The molecule has 6 nitrogen and oxygen atoms in total. The highest BCUT2D eigenvalue weighted by Gasteiger charge is 2.41. The maximum Gasteiger partial charge on any atom is 0.197 e. The highest BCUT2D eigenvalue weighted by molar-refractivity contribution is 6.39. The molecule has 0 N–H and O–H groups in total. The summed E-state index contributed by atoms with van der Waals surface area (Å²) in [6.07, 6.45) is 3.67. The first kappa shape index (κ1) is 35.2. The third-order valence-corrected chi connectivity index (χ3v) is 10.8. The van der Waals surface area contributed by atoms with E-state index in [0.29, 0.717) is 22.8 Å². The van der Waals surface area contributed by atoms with Crippen molar-refractivity contribution < 1.29 is 9.59 Å². The molecule has 0 saturated carbocycles. The minimum absolute atomic E-state index is 0.152. The first-order chi connectivity index (χ1) is 26.0. The van der Waals surface area contributed by atoms with E-state index < -0.39 is 0 Å². The van der Waals surface area contributed by atoms with E-state index >= 15 is 0 Å². The van der Waals surface area contributed by atoms with Crippen molar-refractivity contribution in [3.63, 3.8) is 0 Å². The number of rotatable bonds is 7. The Morgan fingerprint density at radius 2 is 0.852 bits per heavy atom. The summed E-state index contributed by atoms with van der Waals surface area (Å²) in [7, 11) is 0. The third-order valence-electron chi connectivity index (χ3n) is 10.8. The first-order valence-electron chi connectivity index (χ1n) is 19.1. The van der Waals surface area contributed by atoms with Crippen LogP contribution in [0.5, 0.6) is 0 Å². The van der Waals surface area contributed by atoms with Gasteiger partial charge in [0.25, 0.3) is 0 Å². The maximum atomic E-state index is 13.8. The van der Waals surface area contributed by atoms with Gasteiger partial charge in [-0.3, -0.25) is 19.4 Å². The fourth-order valence-electron chi connectivity index (χ4n) is 8.05. The second kappa shape index (κ2) is 13.5. The van der Waals surface area contributed by atoms with Crippen molar-refractivity contribution in [1.29, 1.82) is 0 Å². The number of ketones is 2. The number of fused-ring (bicyclic) bond motifs is 4. The van der Waals surface area contributed by atoms with Crippen LogP contribution in [0, 0.1) is 0 Å². The molecule has 0 amide bonds. The molecule has 2 aliphatic rings. The zero-order valence-electron chi connectivity index (χ0n) is 32.3. The van der Waals surface area contributed by atoms with Gasteiger partial charge < -0.3 is 0 Å². The lowest BCUT2D eigenvalue weighted by Gasteiger charge is -2.32. The number of aromatic nitrogens is 2. The fraction of sp³-hybridized carbons (Fsp3) is 0.250. The molecule has 0 radical (unpaired) electrons. The van der Waals surface area contributed by atoms with E-state index in [1.807, 2.05) is 18.2 Å². The molecule has 1 aromatic heterocycles. The summed E-state index contributed by atoms with van der Waals surface area (Å²) in [4.78, 5) is 43.1. The SMILES string of the molecule is CC(C)c1cccc(C(C)C)c1N1C(=CC=C2C(=O)c3ccccc3C2=O)N(c2c(C(C)C)cccc2C(C)C)c2nc3cc4ccccc4cc3nc21. The van der Waals surface area contributed by atoms with Gasteiger partial charge in [-0.15, -0.1) is 0 Å². The van der Waals surface area contributed by atoms with Gasteiger partial charge >= 0.3 is 0 Å². The number of para-hydroxylation sites is 2. The predicted molar refractivity (Wildman–Crippen MR) is 222 cm³/mol. The van der Waals surface area contributed by atoms with Crippen molar-refractivity contribution in [3.05, 3.63) is 154 Å². The molecule has 0 unspecified atom stereocenters. The quantitative estimate of drug-likeness (QED) is 0.0933. The lowest BCUT2D eigenvalue weighted by molar-refractivity contribution is 0.0988. The summed E-state index contributed by atoms with van der Waals surface area (Å²) in [5.41, 5.74) is 9.42. The lowest BCUT2D eigenvalue weighted by atomic mass is 9.91. The summed E-state index contributed by atoms with van der Waals surface area (Å²) < 4.78 is 0. The van der Waals surface area contributed by atoms with Crippen molar-refractivity contribution in [3.8, 4) is 0 Å². The van der Waals surface area contributed by atoms with Gasteiger partial charge in [0.05, 0.1) is 28.0 Å². The molecule has 8 rings (SSSR count). The summed E-state index contributed by atoms with van der Waals surface area (Å²) in [6.45, 7) is 17.8. The fourth-order valence-corrected chi connectivity index (χ4v) is 8.05. The minimum Gasteiger partial charge on any atom is -0.288 e. The first-order valence-corrected chi connectivity index (χ1v) is 19.1. The molecule has 1 aliphatic carbocycles. The smallest absolute Gasteiger partial charge is 0.197 e. The number of allylic oxidation sites excluding steroid dienone is 3. The van der Waals surface area contributed by atoms with Crippen molar-refractivity contribution in [2.24, 2.45) is 0 Å². The number of nitrogens with zero attached hydrogens (tertiary/aromatic N) is 4. The molecule has 54 heavy (non-hydrogen) atoms. The van der Waals surface area contributed by atoms with Gasteiger partial charge in [0.2, 0.25) is 0 Å². The largest absolute Gasteiger partial charge is 0.288 e. The Hall–Kier alpha value is -5.88. The highest BCUT2D eigenvalue weighted by Crippen LogP contribution is 2.54. The van der Waals surface area contributed by atoms with Crippen LogP contribution in [0.4, 0.5) is 23.0 Å². The van der Waals surface area contributed by atoms with E-state index in [1.54, 1.807) is 30.3 Å². The zero-order chi connectivity index (χ0) is 38.0. The number of Topliss-reactive ketones (excluding diaryl/α,β-unsaturated/α-hetero) is 2. The van der Waals surface area contributed by atoms with Crippen molar-refractivity contribution in [1.82, 2.24) is 9.97 Å². The topological polar surface area (TPSA) is 66.4 Å². The second-order valence-corrected chi connectivity index (χ2v) is 15.7. The Morgan fingerprint density at radius 1 is 0.481 bits per heavy atom. The van der Waals surface area contributed by atoms with Crippen molar-refractivity contribution in [2.45, 2.75) is 79.1 Å². The van der Waals surface area contributed by atoms with Crippen LogP contribution in [0.3, 0.4) is 0 Å². The number of carbonyl (C=O) groups excluding carboxylic acids is 2. The average molecular weight is 711 g/mol. The van der Waals surface area contributed by atoms with E-state index in [2.05, 4.69) is 126 Å². The number of anilines is 4. The van der Waals surface area contributed by atoms with E-state index in [1.165, 1.54) is 22.3 Å². The third kappa shape index (κ3) is 5.63. The van der Waals surface area contributed by atoms with Crippen LogP contribution >= 0.6 is 0 Å². The van der Waals surface area contributed by atoms with Crippen LogP contribution in [0.15, 0.2) is 121 Å². The monoisotopic (exact) mass is 710 g/mol. The maximum absolute atomic E-state index is 13.8. The lowest BCUT2D eigenvalue weighted by Crippen LogP contribution is -2.26. The summed E-state index contributed by atoms with van der Waals surface area (Å²) >= 11 is 0. The van der Waals surface area contributed by atoms with Crippen LogP contribution < -0.4 is 9.80 Å². The molecule has 6 aromatic rings. The van der Waals surface area contributed by atoms with Gasteiger partial charge in [0.15, 0.2) is 23.2 Å². The summed E-state index contributed by atoms with van der Waals surface area (Å²) in [6, 6.07) is 32.7. The number of hydrogen-bond donors (Lipinski definition) is 0. The van der Waals surface area contributed by atoms with Crippen LogP contribution in [0.1, 0.15) is 122 Å². The number of hydrogen-bond acceptors (Lipinski definition) is 6. The molecule has 2 heterocycles. The average Bonchev–Trinajstić information content (AvgIpc) is 3.59. The Kier molecular flexibility index (Phi) is 8.80. The molecule has 6 heteroatoms. The van der Waals surface area contributed by atoms with Gasteiger partial charge in [-0.05, 0) is 81.0 Å². The molecule has 0 fully saturated rings. The predicted octanol–water partition coefficient (Wildman–Crippen LogP) is 12.4. The Balaban J connectivity index is 1.52. The van der Waals surface area contributed by atoms with Gasteiger partial charge in [-0.1, -0.05) is 140 Å².